The van der Waals surface area contributed by atoms with Crippen molar-refractivity contribution in [1.82, 2.24) is 25.4 Å². The predicted octanol–water partition coefficient (Wildman–Crippen LogP) is 3.79. The van der Waals surface area contributed by atoms with Gasteiger partial charge in [-0.3, -0.25) is 4.99 Å². The van der Waals surface area contributed by atoms with Crippen LogP contribution >= 0.6 is 24.0 Å². The highest BCUT2D eigenvalue weighted by Gasteiger charge is 2.30. The minimum Gasteiger partial charge on any atom is -0.357 e. The van der Waals surface area contributed by atoms with Crippen LogP contribution in [0.15, 0.2) is 35.6 Å². The van der Waals surface area contributed by atoms with Crippen LogP contribution in [0.5, 0.6) is 0 Å². The van der Waals surface area contributed by atoms with E-state index < -0.39 is 11.7 Å². The zero-order valence-electron chi connectivity index (χ0n) is 16.1. The van der Waals surface area contributed by atoms with E-state index in [0.29, 0.717) is 31.2 Å². The zero-order chi connectivity index (χ0) is 19.9. The van der Waals surface area contributed by atoms with Crippen LogP contribution < -0.4 is 10.6 Å². The van der Waals surface area contributed by atoms with E-state index in [2.05, 4.69) is 25.8 Å². The van der Waals surface area contributed by atoms with E-state index in [-0.39, 0.29) is 30.0 Å². The number of nitrogens with one attached hydrogen (secondary N) is 2. The fourth-order valence-electron chi connectivity index (χ4n) is 2.60. The Morgan fingerprint density at radius 3 is 2.68 bits per heavy atom. The molecule has 0 aliphatic rings. The van der Waals surface area contributed by atoms with Crippen molar-refractivity contribution in [2.75, 3.05) is 13.1 Å². The molecule has 10 heteroatoms. The van der Waals surface area contributed by atoms with Crippen molar-refractivity contribution in [2.45, 2.75) is 46.0 Å². The first-order valence-corrected chi connectivity index (χ1v) is 8.93. The summed E-state index contributed by atoms with van der Waals surface area (Å²) in [7, 11) is 0. The molecule has 1 aromatic carbocycles. The molecule has 1 atom stereocenters. The van der Waals surface area contributed by atoms with Crippen LogP contribution in [0.25, 0.3) is 0 Å². The Morgan fingerprint density at radius 2 is 2.04 bits per heavy atom. The summed E-state index contributed by atoms with van der Waals surface area (Å²) in [6.07, 6.45) is -1.90. The monoisotopic (exact) mass is 510 g/mol. The number of halogens is 4. The maximum atomic E-state index is 12.9. The lowest BCUT2D eigenvalue weighted by molar-refractivity contribution is -0.137. The van der Waals surface area contributed by atoms with Crippen molar-refractivity contribution >= 4 is 29.9 Å². The van der Waals surface area contributed by atoms with Gasteiger partial charge in [0.15, 0.2) is 5.96 Å². The van der Waals surface area contributed by atoms with Crippen LogP contribution in [0.2, 0.25) is 0 Å². The predicted molar refractivity (Wildman–Crippen MR) is 114 cm³/mol. The molecule has 2 rings (SSSR count). The molecule has 1 aromatic heterocycles. The molecule has 0 bridgehead atoms. The summed E-state index contributed by atoms with van der Waals surface area (Å²) >= 11 is 0. The highest BCUT2D eigenvalue weighted by atomic mass is 127. The van der Waals surface area contributed by atoms with Crippen LogP contribution in [0.1, 0.15) is 43.8 Å². The van der Waals surface area contributed by atoms with Crippen LogP contribution in [0.4, 0.5) is 13.2 Å². The second-order valence-electron chi connectivity index (χ2n) is 6.04. The number of alkyl halides is 3. The van der Waals surface area contributed by atoms with Gasteiger partial charge in [-0.25, -0.2) is 0 Å². The second-order valence-corrected chi connectivity index (χ2v) is 6.04. The summed E-state index contributed by atoms with van der Waals surface area (Å²) in [4.78, 5) is 4.50. The van der Waals surface area contributed by atoms with Gasteiger partial charge in [0.2, 0.25) is 0 Å². The van der Waals surface area contributed by atoms with Crippen molar-refractivity contribution in [1.29, 1.82) is 0 Å². The number of aliphatic imine (C=N–C) groups is 1. The minimum atomic E-state index is -4.36. The smallest absolute Gasteiger partial charge is 0.357 e. The van der Waals surface area contributed by atoms with Crippen molar-refractivity contribution in [3.63, 3.8) is 0 Å². The number of aryl methyl sites for hydroxylation is 1. The quantitative estimate of drug-likeness (QED) is 0.338. The van der Waals surface area contributed by atoms with Crippen molar-refractivity contribution in [2.24, 2.45) is 4.99 Å². The van der Waals surface area contributed by atoms with Crippen LogP contribution in [-0.2, 0) is 19.1 Å². The molecule has 28 heavy (non-hydrogen) atoms. The lowest BCUT2D eigenvalue weighted by Gasteiger charge is -2.19. The normalized spacial score (nSPS) is 13.0. The SMILES string of the molecule is CCNC(=NCCn1cnnc1CC)NC(C)c1cccc(C(F)(F)F)c1.I. The van der Waals surface area contributed by atoms with Crippen molar-refractivity contribution in [3.05, 3.63) is 47.5 Å². The number of aromatic nitrogens is 3. The van der Waals surface area contributed by atoms with Gasteiger partial charge in [-0.05, 0) is 31.5 Å². The van der Waals surface area contributed by atoms with Gasteiger partial charge in [-0.15, -0.1) is 34.2 Å². The summed E-state index contributed by atoms with van der Waals surface area (Å²) in [5.74, 6) is 1.44. The summed E-state index contributed by atoms with van der Waals surface area (Å²) < 4.78 is 40.7. The number of nitrogens with zero attached hydrogens (tertiary/aromatic N) is 4. The summed E-state index contributed by atoms with van der Waals surface area (Å²) in [5, 5.41) is 14.2. The van der Waals surface area contributed by atoms with Crippen LogP contribution in [0, 0.1) is 0 Å². The second kappa shape index (κ2) is 11.2. The van der Waals surface area contributed by atoms with Gasteiger partial charge in [-0.2, -0.15) is 13.2 Å². The molecule has 0 saturated carbocycles. The van der Waals surface area contributed by atoms with Gasteiger partial charge in [0.1, 0.15) is 12.2 Å². The van der Waals surface area contributed by atoms with E-state index in [1.54, 1.807) is 19.3 Å². The largest absolute Gasteiger partial charge is 0.416 e. The highest BCUT2D eigenvalue weighted by molar-refractivity contribution is 14.0. The Kier molecular flexibility index (Phi) is 9.70. The fourth-order valence-corrected chi connectivity index (χ4v) is 2.60. The maximum absolute atomic E-state index is 12.9. The third-order valence-electron chi connectivity index (χ3n) is 4.03. The average molecular weight is 510 g/mol. The van der Waals surface area contributed by atoms with E-state index in [1.807, 2.05) is 18.4 Å². The molecule has 0 saturated heterocycles. The van der Waals surface area contributed by atoms with Gasteiger partial charge in [0.25, 0.3) is 0 Å². The number of benzene rings is 1. The van der Waals surface area contributed by atoms with Crippen LogP contribution in [0.3, 0.4) is 0 Å². The molecule has 0 radical (unpaired) electrons. The lowest BCUT2D eigenvalue weighted by atomic mass is 10.1. The Balaban J connectivity index is 0.00000392. The Bertz CT molecular complexity index is 760. The number of hydrogen-bond donors (Lipinski definition) is 2. The van der Waals surface area contributed by atoms with Gasteiger partial charge >= 0.3 is 6.18 Å². The van der Waals surface area contributed by atoms with Gasteiger partial charge < -0.3 is 15.2 Å². The van der Waals surface area contributed by atoms with E-state index >= 15 is 0 Å². The molecule has 2 aromatic rings. The first kappa shape index (κ1) is 24.2. The number of hydrogen-bond acceptors (Lipinski definition) is 3. The van der Waals surface area contributed by atoms with Crippen molar-refractivity contribution < 1.29 is 13.2 Å². The molecule has 0 amide bonds. The van der Waals surface area contributed by atoms with E-state index in [4.69, 9.17) is 0 Å². The molecule has 0 aliphatic heterocycles. The molecular weight excluding hydrogens is 484 g/mol. The summed E-state index contributed by atoms with van der Waals surface area (Å²) in [6.45, 7) is 7.51. The van der Waals surface area contributed by atoms with E-state index in [0.717, 1.165) is 24.4 Å². The standard InChI is InChI=1S/C18H25F3N6.HI/c1-4-16-26-24-12-27(16)10-9-23-17(22-5-2)25-13(3)14-7-6-8-15(11-14)18(19,20)21;/h6-8,11-13H,4-5,9-10H2,1-3H3,(H2,22,23,25);1H. The Labute approximate surface area is 180 Å². The van der Waals surface area contributed by atoms with Crippen LogP contribution in [-0.4, -0.2) is 33.8 Å². The van der Waals surface area contributed by atoms with E-state index in [9.17, 15) is 13.2 Å². The maximum Gasteiger partial charge on any atom is 0.416 e. The summed E-state index contributed by atoms with van der Waals surface area (Å²) in [5.41, 5.74) is -0.113. The first-order chi connectivity index (χ1) is 12.8. The fraction of sp³-hybridized carbons (Fsp3) is 0.500. The topological polar surface area (TPSA) is 67.1 Å². The minimum absolute atomic E-state index is 0. The lowest BCUT2D eigenvalue weighted by Crippen LogP contribution is -2.39. The third-order valence-corrected chi connectivity index (χ3v) is 4.03. The molecule has 1 heterocycles. The Morgan fingerprint density at radius 1 is 1.29 bits per heavy atom. The highest BCUT2D eigenvalue weighted by Crippen LogP contribution is 2.30. The molecule has 0 aliphatic carbocycles. The number of guanidine groups is 1. The number of rotatable bonds is 7. The molecule has 0 spiro atoms. The molecule has 0 fully saturated rings. The molecule has 156 valence electrons. The summed E-state index contributed by atoms with van der Waals surface area (Å²) in [6, 6.07) is 4.98. The molecular formula is C18H26F3IN6. The zero-order valence-corrected chi connectivity index (χ0v) is 18.5. The van der Waals surface area contributed by atoms with Crippen molar-refractivity contribution in [3.8, 4) is 0 Å². The Hall–Kier alpha value is -1.85. The van der Waals surface area contributed by atoms with Gasteiger partial charge in [0.05, 0.1) is 18.2 Å². The molecule has 2 N–H and O–H groups in total. The van der Waals surface area contributed by atoms with Gasteiger partial charge in [-0.1, -0.05) is 19.1 Å². The average Bonchev–Trinajstić information content (AvgIpc) is 3.08. The molecule has 6 nitrogen and oxygen atoms in total. The molecule has 1 unspecified atom stereocenters. The first-order valence-electron chi connectivity index (χ1n) is 8.93. The third kappa shape index (κ3) is 6.95. The van der Waals surface area contributed by atoms with Gasteiger partial charge in [0, 0.05) is 19.5 Å². The van der Waals surface area contributed by atoms with E-state index in [1.165, 1.54) is 6.07 Å².